The van der Waals surface area contributed by atoms with Crippen molar-refractivity contribution in [2.75, 3.05) is 19.6 Å². The normalized spacial score (nSPS) is 35.6. The highest BCUT2D eigenvalue weighted by Gasteiger charge is 2.52. The lowest BCUT2D eigenvalue weighted by molar-refractivity contribution is -0.153. The van der Waals surface area contributed by atoms with Gasteiger partial charge < -0.3 is 20.3 Å². The van der Waals surface area contributed by atoms with Crippen LogP contribution in [0.25, 0.3) is 0 Å². The Morgan fingerprint density at radius 1 is 1.04 bits per heavy atom. The fraction of sp³-hybridized carbons (Fsp3) is 0.895. The molecule has 1 heterocycles. The third-order valence-corrected chi connectivity index (χ3v) is 6.30. The zero-order valence-electron chi connectivity index (χ0n) is 16.1. The average Bonchev–Trinajstić information content (AvgIpc) is 2.53. The molecule has 0 spiro atoms. The summed E-state index contributed by atoms with van der Waals surface area (Å²) in [5.74, 6) is 0.283. The summed E-state index contributed by atoms with van der Waals surface area (Å²) in [7, 11) is 0. The van der Waals surface area contributed by atoms with Crippen molar-refractivity contribution < 1.29 is 14.3 Å². The largest absolute Gasteiger partial charge is 0.444 e. The Hall–Kier alpha value is -1.30. The summed E-state index contributed by atoms with van der Waals surface area (Å²) < 4.78 is 5.47. The van der Waals surface area contributed by atoms with E-state index in [1.54, 1.807) is 4.90 Å². The van der Waals surface area contributed by atoms with Crippen molar-refractivity contribution in [3.63, 3.8) is 0 Å². The molecule has 3 aliphatic carbocycles. The quantitative estimate of drug-likeness (QED) is 0.787. The molecule has 3 saturated carbocycles. The fourth-order valence-corrected chi connectivity index (χ4v) is 4.59. The van der Waals surface area contributed by atoms with Gasteiger partial charge in [0, 0.05) is 36.6 Å². The van der Waals surface area contributed by atoms with Crippen molar-refractivity contribution in [3.8, 4) is 0 Å². The number of nitrogens with two attached hydrogens (primary N) is 1. The molecule has 1 atom stereocenters. The molecule has 0 radical (unpaired) electrons. The highest BCUT2D eigenvalue weighted by atomic mass is 16.6. The molecule has 2 N–H and O–H groups in total. The van der Waals surface area contributed by atoms with Gasteiger partial charge in [-0.3, -0.25) is 4.79 Å². The van der Waals surface area contributed by atoms with E-state index in [1.165, 1.54) is 0 Å². The standard InChI is InChI=1S/C19H33N3O3/c1-14-13-21(16(24)25-17(2,3)4)11-12-22(14)15(23)18-5-8-19(20,9-6-18)10-7-18/h14H,5-13,20H2,1-4H3/t14-,18?,19?/m1/s1. The first-order chi connectivity index (χ1) is 11.5. The molecule has 142 valence electrons. The van der Waals surface area contributed by atoms with Crippen molar-refractivity contribution >= 4 is 12.0 Å². The first-order valence-electron chi connectivity index (χ1n) is 9.62. The van der Waals surface area contributed by atoms with Crippen molar-refractivity contribution in [3.05, 3.63) is 0 Å². The molecule has 0 aromatic carbocycles. The first-order valence-corrected chi connectivity index (χ1v) is 9.62. The van der Waals surface area contributed by atoms with Gasteiger partial charge in [-0.2, -0.15) is 0 Å². The van der Waals surface area contributed by atoms with E-state index in [-0.39, 0.29) is 29.0 Å². The molecule has 1 saturated heterocycles. The summed E-state index contributed by atoms with van der Waals surface area (Å²) in [5, 5.41) is 0. The third-order valence-electron chi connectivity index (χ3n) is 6.30. The average molecular weight is 351 g/mol. The summed E-state index contributed by atoms with van der Waals surface area (Å²) in [5.41, 5.74) is 5.66. The van der Waals surface area contributed by atoms with Gasteiger partial charge in [0.2, 0.25) is 5.91 Å². The van der Waals surface area contributed by atoms with E-state index in [2.05, 4.69) is 0 Å². The summed E-state index contributed by atoms with van der Waals surface area (Å²) in [6.45, 7) is 9.32. The van der Waals surface area contributed by atoms with Crippen LogP contribution >= 0.6 is 0 Å². The van der Waals surface area contributed by atoms with E-state index < -0.39 is 5.60 Å². The monoisotopic (exact) mass is 351 g/mol. The van der Waals surface area contributed by atoms with Crippen molar-refractivity contribution in [1.82, 2.24) is 9.80 Å². The number of rotatable bonds is 1. The predicted molar refractivity (Wildman–Crippen MR) is 96.0 cm³/mol. The number of amides is 2. The van der Waals surface area contributed by atoms with Crippen LogP contribution in [0.3, 0.4) is 0 Å². The highest BCUT2D eigenvalue weighted by Crippen LogP contribution is 2.52. The molecule has 1 aliphatic heterocycles. The lowest BCUT2D eigenvalue weighted by atomic mass is 9.57. The van der Waals surface area contributed by atoms with Gasteiger partial charge >= 0.3 is 6.09 Å². The Bertz CT molecular complexity index is 530. The summed E-state index contributed by atoms with van der Waals surface area (Å²) >= 11 is 0. The lowest BCUT2D eigenvalue weighted by Crippen LogP contribution is -2.62. The minimum atomic E-state index is -0.495. The van der Waals surface area contributed by atoms with Gasteiger partial charge in [-0.05, 0) is 66.2 Å². The van der Waals surface area contributed by atoms with Crippen molar-refractivity contribution in [2.45, 2.75) is 83.4 Å². The van der Waals surface area contributed by atoms with E-state index in [9.17, 15) is 9.59 Å². The molecule has 4 aliphatic rings. The molecular weight excluding hydrogens is 318 g/mol. The maximum Gasteiger partial charge on any atom is 0.410 e. The summed E-state index contributed by atoms with van der Waals surface area (Å²) in [6.07, 6.45) is 5.36. The number of carbonyl (C=O) groups is 2. The number of hydrogen-bond donors (Lipinski definition) is 1. The second-order valence-electron chi connectivity index (χ2n) is 9.42. The van der Waals surface area contributed by atoms with Crippen LogP contribution in [-0.2, 0) is 9.53 Å². The van der Waals surface area contributed by atoms with Gasteiger partial charge in [0.25, 0.3) is 0 Å². The van der Waals surface area contributed by atoms with E-state index in [1.807, 2.05) is 32.6 Å². The molecule has 0 aromatic heterocycles. The molecule has 4 fully saturated rings. The van der Waals surface area contributed by atoms with Crippen molar-refractivity contribution in [2.24, 2.45) is 11.1 Å². The van der Waals surface area contributed by atoms with Crippen LogP contribution in [0.15, 0.2) is 0 Å². The number of hydrogen-bond acceptors (Lipinski definition) is 4. The molecule has 6 heteroatoms. The Morgan fingerprint density at radius 3 is 2.08 bits per heavy atom. The van der Waals surface area contributed by atoms with E-state index in [0.717, 1.165) is 38.5 Å². The Morgan fingerprint density at radius 2 is 1.60 bits per heavy atom. The Balaban J connectivity index is 1.62. The molecule has 6 nitrogen and oxygen atoms in total. The zero-order chi connectivity index (χ0) is 18.5. The molecule has 25 heavy (non-hydrogen) atoms. The summed E-state index contributed by atoms with van der Waals surface area (Å²) in [4.78, 5) is 29.3. The van der Waals surface area contributed by atoms with Crippen LogP contribution in [-0.4, -0.2) is 58.6 Å². The minimum Gasteiger partial charge on any atom is -0.444 e. The van der Waals surface area contributed by atoms with Crippen LogP contribution in [0, 0.1) is 5.41 Å². The number of nitrogens with zero attached hydrogens (tertiary/aromatic N) is 2. The molecular formula is C19H33N3O3. The predicted octanol–water partition coefficient (Wildman–Crippen LogP) is 2.51. The smallest absolute Gasteiger partial charge is 0.410 e. The van der Waals surface area contributed by atoms with Crippen molar-refractivity contribution in [1.29, 1.82) is 0 Å². The number of carbonyl (C=O) groups excluding carboxylic acids is 2. The maximum atomic E-state index is 13.3. The second-order valence-corrected chi connectivity index (χ2v) is 9.42. The first kappa shape index (κ1) is 18.5. The zero-order valence-corrected chi connectivity index (χ0v) is 16.1. The van der Waals surface area contributed by atoms with E-state index >= 15 is 0 Å². The number of ether oxygens (including phenoxy) is 1. The van der Waals surface area contributed by atoms with Crippen LogP contribution < -0.4 is 5.73 Å². The second kappa shape index (κ2) is 6.15. The van der Waals surface area contributed by atoms with E-state index in [4.69, 9.17) is 10.5 Å². The third kappa shape index (κ3) is 3.64. The minimum absolute atomic E-state index is 0.0228. The number of fused-ring (bicyclic) bond motifs is 3. The fourth-order valence-electron chi connectivity index (χ4n) is 4.59. The van der Waals surface area contributed by atoms with Gasteiger partial charge in [0.1, 0.15) is 5.60 Å². The molecule has 0 unspecified atom stereocenters. The molecule has 4 rings (SSSR count). The Labute approximate surface area is 151 Å². The van der Waals surface area contributed by atoms with Crippen LogP contribution in [0.2, 0.25) is 0 Å². The van der Waals surface area contributed by atoms with Gasteiger partial charge in [-0.1, -0.05) is 0 Å². The molecule has 0 aromatic rings. The SMILES string of the molecule is C[C@@H]1CN(C(=O)OC(C)(C)C)CCN1C(=O)C12CCC(N)(CC1)CC2. The Kier molecular flexibility index (Phi) is 4.55. The van der Waals surface area contributed by atoms with Gasteiger partial charge in [0.05, 0.1) is 0 Å². The van der Waals surface area contributed by atoms with Crippen LogP contribution in [0.5, 0.6) is 0 Å². The molecule has 2 amide bonds. The van der Waals surface area contributed by atoms with Crippen LogP contribution in [0.1, 0.15) is 66.2 Å². The lowest BCUT2D eigenvalue weighted by Gasteiger charge is -2.53. The maximum absolute atomic E-state index is 13.3. The summed E-state index contributed by atoms with van der Waals surface area (Å²) in [6, 6.07) is 0.0228. The highest BCUT2D eigenvalue weighted by molar-refractivity contribution is 5.84. The topological polar surface area (TPSA) is 75.9 Å². The van der Waals surface area contributed by atoms with E-state index in [0.29, 0.717) is 19.6 Å². The number of piperazine rings is 1. The van der Waals surface area contributed by atoms with Gasteiger partial charge in [-0.15, -0.1) is 0 Å². The van der Waals surface area contributed by atoms with Crippen LogP contribution in [0.4, 0.5) is 4.79 Å². The van der Waals surface area contributed by atoms with Gasteiger partial charge in [-0.25, -0.2) is 4.79 Å². The molecule has 2 bridgehead atoms. The van der Waals surface area contributed by atoms with Gasteiger partial charge in [0.15, 0.2) is 0 Å².